The molecule has 0 radical (unpaired) electrons. The van der Waals surface area contributed by atoms with E-state index in [-0.39, 0.29) is 6.17 Å². The molecule has 1 aliphatic heterocycles. The van der Waals surface area contributed by atoms with E-state index in [4.69, 9.17) is 4.99 Å². The molecule has 0 saturated carbocycles. The van der Waals surface area contributed by atoms with Crippen LogP contribution in [0.3, 0.4) is 0 Å². The van der Waals surface area contributed by atoms with Crippen LogP contribution in [0, 0.1) is 0 Å². The number of benzene rings is 10. The Morgan fingerprint density at radius 1 is 0.400 bits per heavy atom. The maximum absolute atomic E-state index is 5.55. The second kappa shape index (κ2) is 14.1. The number of thiophene rings is 1. The van der Waals surface area contributed by atoms with Gasteiger partial charge in [0.15, 0.2) is 0 Å². The van der Waals surface area contributed by atoms with Gasteiger partial charge in [-0.2, -0.15) is 0 Å². The number of aromatic nitrogens is 2. The maximum Gasteiger partial charge on any atom is 0.145 e. The van der Waals surface area contributed by atoms with Crippen LogP contribution < -0.4 is 5.32 Å². The number of hydrogen-bond donors (Lipinski definition) is 1. The third-order valence-corrected chi connectivity index (χ3v) is 14.6. The van der Waals surface area contributed by atoms with Gasteiger partial charge < -0.3 is 14.5 Å². The van der Waals surface area contributed by atoms with Gasteiger partial charge in [-0.25, -0.2) is 0 Å². The number of nitrogens with zero attached hydrogens (tertiary/aromatic N) is 3. The minimum atomic E-state index is -0.386. The number of hydrogen-bond acceptors (Lipinski definition) is 3. The van der Waals surface area contributed by atoms with Crippen LogP contribution in [0.5, 0.6) is 0 Å². The van der Waals surface area contributed by atoms with Crippen molar-refractivity contribution >= 4 is 108 Å². The molecule has 0 bridgehead atoms. The summed E-state index contributed by atoms with van der Waals surface area (Å²) >= 11 is 1.87. The molecule has 0 amide bonds. The van der Waals surface area contributed by atoms with Crippen molar-refractivity contribution in [3.8, 4) is 11.4 Å². The smallest absolute Gasteiger partial charge is 0.145 e. The molecule has 65 heavy (non-hydrogen) atoms. The third kappa shape index (κ3) is 5.52. The lowest BCUT2D eigenvalue weighted by atomic mass is 9.97. The Morgan fingerprint density at radius 3 is 1.68 bits per heavy atom. The molecule has 1 atom stereocenters. The van der Waals surface area contributed by atoms with Crippen molar-refractivity contribution < 1.29 is 0 Å². The Morgan fingerprint density at radius 2 is 0.954 bits per heavy atom. The fourth-order valence-corrected chi connectivity index (χ4v) is 11.8. The molecule has 1 unspecified atom stereocenters. The van der Waals surface area contributed by atoms with E-state index < -0.39 is 0 Å². The van der Waals surface area contributed by atoms with Crippen molar-refractivity contribution in [2.24, 2.45) is 4.99 Å². The van der Waals surface area contributed by atoms with Crippen molar-refractivity contribution in [3.63, 3.8) is 0 Å². The zero-order chi connectivity index (χ0) is 42.6. The minimum absolute atomic E-state index is 0.386. The Hall–Kier alpha value is -8.25. The van der Waals surface area contributed by atoms with Crippen LogP contribution in [-0.4, -0.2) is 14.8 Å². The first kappa shape index (κ1) is 36.3. The first-order valence-electron chi connectivity index (χ1n) is 22.2. The molecule has 14 rings (SSSR count). The molecule has 4 nitrogen and oxygen atoms in total. The van der Waals surface area contributed by atoms with Gasteiger partial charge in [0.05, 0.1) is 27.8 Å². The lowest BCUT2D eigenvalue weighted by molar-refractivity contribution is 0.663. The van der Waals surface area contributed by atoms with Crippen molar-refractivity contribution in [1.82, 2.24) is 14.5 Å². The summed E-state index contributed by atoms with van der Waals surface area (Å²) in [6.45, 7) is 0. The zero-order valence-corrected chi connectivity index (χ0v) is 35.9. The molecule has 0 fully saturated rings. The monoisotopic (exact) mass is 846 g/mol. The Bertz CT molecular complexity index is 4150. The topological polar surface area (TPSA) is 34.2 Å². The number of fused-ring (bicyclic) bond motifs is 14. The molecule has 1 aliphatic rings. The van der Waals surface area contributed by atoms with Crippen molar-refractivity contribution in [3.05, 3.63) is 235 Å². The molecule has 5 heteroatoms. The maximum atomic E-state index is 5.55. The fraction of sp³-hybridized carbons (Fsp3) is 0.0167. The highest BCUT2D eigenvalue weighted by Crippen LogP contribution is 2.45. The van der Waals surface area contributed by atoms with Gasteiger partial charge in [0.1, 0.15) is 6.17 Å². The summed E-state index contributed by atoms with van der Waals surface area (Å²) in [5.41, 5.74) is 12.1. The van der Waals surface area contributed by atoms with Gasteiger partial charge in [-0.15, -0.1) is 11.3 Å². The van der Waals surface area contributed by atoms with E-state index in [2.05, 4.69) is 233 Å². The molecule has 10 aromatic carbocycles. The normalized spacial score (nSPS) is 14.3. The molecule has 13 aromatic rings. The van der Waals surface area contributed by atoms with E-state index in [1.807, 2.05) is 11.3 Å². The molecule has 0 saturated heterocycles. The summed E-state index contributed by atoms with van der Waals surface area (Å²) in [5, 5.41) is 16.6. The molecular weight excluding hydrogens is 809 g/mol. The molecule has 0 spiro atoms. The summed E-state index contributed by atoms with van der Waals surface area (Å²) in [7, 11) is 0. The molecule has 3 aromatic heterocycles. The number of para-hydroxylation sites is 2. The van der Waals surface area contributed by atoms with Crippen molar-refractivity contribution in [2.75, 3.05) is 0 Å². The van der Waals surface area contributed by atoms with Gasteiger partial charge in [0, 0.05) is 64.4 Å². The average Bonchev–Trinajstić information content (AvgIpc) is 4.04. The highest BCUT2D eigenvalue weighted by Gasteiger charge is 2.25. The van der Waals surface area contributed by atoms with Gasteiger partial charge in [-0.05, 0) is 93.3 Å². The van der Waals surface area contributed by atoms with Crippen LogP contribution in [0.4, 0.5) is 0 Å². The van der Waals surface area contributed by atoms with Crippen LogP contribution in [0.15, 0.2) is 223 Å². The Kier molecular flexibility index (Phi) is 7.88. The Balaban J connectivity index is 1.09. The average molecular weight is 847 g/mol. The summed E-state index contributed by atoms with van der Waals surface area (Å²) < 4.78 is 7.57. The van der Waals surface area contributed by atoms with Crippen molar-refractivity contribution in [2.45, 2.75) is 6.17 Å². The van der Waals surface area contributed by atoms with Gasteiger partial charge in [0.2, 0.25) is 0 Å². The van der Waals surface area contributed by atoms with Crippen LogP contribution >= 0.6 is 11.3 Å². The largest absolute Gasteiger partial charge is 0.360 e. The summed E-state index contributed by atoms with van der Waals surface area (Å²) in [5.74, 6) is 0. The van der Waals surface area contributed by atoms with Crippen LogP contribution in [0.1, 0.15) is 22.9 Å². The predicted molar refractivity (Wildman–Crippen MR) is 276 cm³/mol. The van der Waals surface area contributed by atoms with Gasteiger partial charge in [-0.3, -0.25) is 4.99 Å². The summed E-state index contributed by atoms with van der Waals surface area (Å²) in [4.78, 5) is 5.55. The second-order valence-corrected chi connectivity index (χ2v) is 18.2. The second-order valence-electron chi connectivity index (χ2n) is 17.1. The zero-order valence-electron chi connectivity index (χ0n) is 35.1. The number of rotatable bonds is 5. The van der Waals surface area contributed by atoms with Gasteiger partial charge in [0.25, 0.3) is 0 Å². The summed E-state index contributed by atoms with van der Waals surface area (Å²) in [6.07, 6.45) is 1.81. The van der Waals surface area contributed by atoms with E-state index in [0.29, 0.717) is 0 Å². The van der Waals surface area contributed by atoms with Crippen molar-refractivity contribution in [1.29, 1.82) is 0 Å². The molecular formula is C60H38N4S. The standard InChI is InChI=1S/C60H38N4S/c1-3-16-38(17-4-1)48-36-49(39-18-5-2-6-19-39)62-60(61-48)41-33-42(63-50-24-12-9-21-45(50)57-52(63)30-29-40-28-27-37-15-7-8-20-44(37)56(40)57)35-43(34-41)64-51-25-13-10-22-46(51)58-53(64)31-32-55-59(58)47-23-11-14-26-54(47)65-55/h1-36,60-61H. The first-order chi connectivity index (χ1) is 32.2. The van der Waals surface area contributed by atoms with E-state index in [1.165, 1.54) is 79.8 Å². The first-order valence-corrected chi connectivity index (χ1v) is 23.0. The van der Waals surface area contributed by atoms with Crippen LogP contribution in [-0.2, 0) is 0 Å². The van der Waals surface area contributed by atoms with Crippen LogP contribution in [0.2, 0.25) is 0 Å². The highest BCUT2D eigenvalue weighted by molar-refractivity contribution is 7.26. The molecule has 4 heterocycles. The minimum Gasteiger partial charge on any atom is -0.360 e. The Labute approximate surface area is 378 Å². The molecule has 304 valence electrons. The highest BCUT2D eigenvalue weighted by atomic mass is 32.1. The fourth-order valence-electron chi connectivity index (χ4n) is 10.7. The molecule has 1 N–H and O–H groups in total. The summed E-state index contributed by atoms with van der Waals surface area (Å²) in [6, 6.07) is 77.5. The SMILES string of the molecule is C1=C(c2ccccc2)NC(c2cc(-n3c4ccccc4c4c5c(ccc6ccccc65)ccc43)cc(-n3c4ccccc4c4c5c(ccc43)sc3ccccc35)c2)N=C1c1ccccc1. The van der Waals surface area contributed by atoms with E-state index in [0.717, 1.165) is 45.0 Å². The van der Waals surface area contributed by atoms with E-state index in [9.17, 15) is 0 Å². The number of nitrogens with one attached hydrogen (secondary N) is 1. The number of allylic oxidation sites excluding steroid dienone is 1. The quantitative estimate of drug-likeness (QED) is 0.172. The third-order valence-electron chi connectivity index (χ3n) is 13.5. The predicted octanol–water partition coefficient (Wildman–Crippen LogP) is 15.7. The lowest BCUT2D eigenvalue weighted by Gasteiger charge is -2.26. The van der Waals surface area contributed by atoms with E-state index in [1.54, 1.807) is 0 Å². The van der Waals surface area contributed by atoms with Crippen LogP contribution in [0.25, 0.3) is 102 Å². The van der Waals surface area contributed by atoms with Gasteiger partial charge >= 0.3 is 0 Å². The lowest BCUT2D eigenvalue weighted by Crippen LogP contribution is -2.25. The number of aliphatic imine (C=N–C) groups is 1. The van der Waals surface area contributed by atoms with Gasteiger partial charge in [-0.1, -0.05) is 158 Å². The molecule has 0 aliphatic carbocycles. The van der Waals surface area contributed by atoms with E-state index >= 15 is 0 Å².